The standard InChI is InChI=1S/C23H23BrO/c1-22(2,3)19-17-13-9-7-8-12-15(24)11-10-14(16(12)13)18(17)20(21(19)25)23(4,5)6/h7-11H,1-6H3. The van der Waals surface area contributed by atoms with E-state index in [-0.39, 0.29) is 16.6 Å². The molecule has 0 fully saturated rings. The van der Waals surface area contributed by atoms with E-state index in [2.05, 4.69) is 87.8 Å². The molecule has 0 N–H and O–H groups in total. The number of fused-ring (bicyclic) bond motifs is 3. The lowest BCUT2D eigenvalue weighted by Crippen LogP contribution is -2.23. The number of hydrogen-bond acceptors (Lipinski definition) is 1. The minimum Gasteiger partial charge on any atom is -0.289 e. The van der Waals surface area contributed by atoms with E-state index in [4.69, 9.17) is 0 Å². The lowest BCUT2D eigenvalue weighted by Gasteiger charge is -2.25. The van der Waals surface area contributed by atoms with Gasteiger partial charge in [0.1, 0.15) is 0 Å². The van der Waals surface area contributed by atoms with E-state index in [0.717, 1.165) is 15.6 Å². The van der Waals surface area contributed by atoms with Crippen molar-refractivity contribution in [2.45, 2.75) is 41.5 Å². The Balaban J connectivity index is 2.23. The molecule has 0 heterocycles. The highest BCUT2D eigenvalue weighted by molar-refractivity contribution is 9.10. The summed E-state index contributed by atoms with van der Waals surface area (Å²) in [4.78, 5) is 13.5. The van der Waals surface area contributed by atoms with Gasteiger partial charge in [-0.05, 0) is 49.9 Å². The maximum atomic E-state index is 13.5. The van der Waals surface area contributed by atoms with Crippen molar-refractivity contribution >= 4 is 43.6 Å². The van der Waals surface area contributed by atoms with Crippen molar-refractivity contribution in [2.75, 3.05) is 0 Å². The van der Waals surface area contributed by atoms with E-state index in [1.54, 1.807) is 0 Å². The zero-order valence-corrected chi connectivity index (χ0v) is 17.3. The van der Waals surface area contributed by atoms with Crippen molar-refractivity contribution in [3.8, 4) is 0 Å². The number of rotatable bonds is 0. The van der Waals surface area contributed by atoms with Crippen LogP contribution < -0.4 is 0 Å². The van der Waals surface area contributed by atoms with Crippen LogP contribution in [0.4, 0.5) is 0 Å². The highest BCUT2D eigenvalue weighted by Gasteiger charge is 2.45. The van der Waals surface area contributed by atoms with Crippen LogP contribution in [0.25, 0.3) is 21.9 Å². The van der Waals surface area contributed by atoms with Crippen molar-refractivity contribution in [1.29, 1.82) is 0 Å². The third-order valence-corrected chi connectivity index (χ3v) is 5.92. The van der Waals surface area contributed by atoms with Crippen LogP contribution in [0.2, 0.25) is 0 Å². The Bertz CT molecular complexity index is 974. The van der Waals surface area contributed by atoms with Crippen LogP contribution in [0.1, 0.15) is 52.7 Å². The summed E-state index contributed by atoms with van der Waals surface area (Å²) >= 11 is 3.69. The predicted molar refractivity (Wildman–Crippen MR) is 109 cm³/mol. The molecular weight excluding hydrogens is 372 g/mol. The lowest BCUT2D eigenvalue weighted by atomic mass is 9.77. The van der Waals surface area contributed by atoms with Crippen LogP contribution in [0.5, 0.6) is 0 Å². The van der Waals surface area contributed by atoms with E-state index in [0.29, 0.717) is 0 Å². The Labute approximate surface area is 157 Å². The molecule has 2 aromatic carbocycles. The van der Waals surface area contributed by atoms with Crippen molar-refractivity contribution in [3.05, 3.63) is 57.1 Å². The van der Waals surface area contributed by atoms with Gasteiger partial charge >= 0.3 is 0 Å². The average Bonchev–Trinajstić information content (AvgIpc) is 2.94. The quantitative estimate of drug-likeness (QED) is 0.480. The molecule has 0 spiro atoms. The highest BCUT2D eigenvalue weighted by atomic mass is 79.9. The molecule has 4 rings (SSSR count). The first-order chi connectivity index (χ1) is 11.5. The maximum absolute atomic E-state index is 13.5. The zero-order chi connectivity index (χ0) is 18.3. The largest absolute Gasteiger partial charge is 0.289 e. The van der Waals surface area contributed by atoms with E-state index in [1.807, 2.05) is 0 Å². The molecule has 0 atom stereocenters. The third-order valence-electron chi connectivity index (χ3n) is 5.23. The Hall–Kier alpha value is -1.67. The molecule has 2 aliphatic rings. The summed E-state index contributed by atoms with van der Waals surface area (Å²) in [5, 5.41) is 2.50. The van der Waals surface area contributed by atoms with E-state index >= 15 is 0 Å². The summed E-state index contributed by atoms with van der Waals surface area (Å²) in [6.45, 7) is 12.9. The van der Waals surface area contributed by atoms with Crippen LogP contribution in [-0.2, 0) is 4.79 Å². The lowest BCUT2D eigenvalue weighted by molar-refractivity contribution is -0.113. The molecule has 0 unspecified atom stereocenters. The topological polar surface area (TPSA) is 17.1 Å². The third kappa shape index (κ3) is 2.16. The highest BCUT2D eigenvalue weighted by Crippen LogP contribution is 2.58. The van der Waals surface area contributed by atoms with Gasteiger partial charge in [0.2, 0.25) is 0 Å². The van der Waals surface area contributed by atoms with Crippen LogP contribution >= 0.6 is 15.9 Å². The van der Waals surface area contributed by atoms with Gasteiger partial charge in [-0.3, -0.25) is 4.79 Å². The normalized spacial score (nSPS) is 17.2. The summed E-state index contributed by atoms with van der Waals surface area (Å²) in [6.07, 6.45) is 0. The molecule has 25 heavy (non-hydrogen) atoms. The van der Waals surface area contributed by atoms with Gasteiger partial charge in [-0.15, -0.1) is 0 Å². The first-order valence-electron chi connectivity index (χ1n) is 8.80. The van der Waals surface area contributed by atoms with Gasteiger partial charge in [-0.1, -0.05) is 81.7 Å². The summed E-state index contributed by atoms with van der Waals surface area (Å²) in [6, 6.07) is 10.7. The first kappa shape index (κ1) is 16.8. The number of carbonyl (C=O) groups is 1. The Kier molecular flexibility index (Phi) is 3.32. The number of ketones is 1. The van der Waals surface area contributed by atoms with Crippen molar-refractivity contribution in [3.63, 3.8) is 0 Å². The molecule has 0 saturated heterocycles. The SMILES string of the molecule is CC(C)(C)C1=C2C(=C(C(C)(C)C)C1=O)c1ccc(Br)c3cccc2c13. The van der Waals surface area contributed by atoms with Gasteiger partial charge in [0.25, 0.3) is 0 Å². The molecule has 128 valence electrons. The second-order valence-electron chi connectivity index (χ2n) is 9.15. The average molecular weight is 395 g/mol. The first-order valence-corrected chi connectivity index (χ1v) is 9.59. The fourth-order valence-electron chi connectivity index (χ4n) is 4.36. The summed E-state index contributed by atoms with van der Waals surface area (Å²) in [5.41, 5.74) is 6.31. The second-order valence-corrected chi connectivity index (χ2v) is 10.0. The Morgan fingerprint density at radius 1 is 0.760 bits per heavy atom. The fourth-order valence-corrected chi connectivity index (χ4v) is 4.82. The van der Waals surface area contributed by atoms with E-state index in [1.165, 1.54) is 33.0 Å². The number of allylic oxidation sites excluding steroid dienone is 4. The van der Waals surface area contributed by atoms with Gasteiger partial charge in [-0.25, -0.2) is 0 Å². The van der Waals surface area contributed by atoms with Gasteiger partial charge in [-0.2, -0.15) is 0 Å². The fraction of sp³-hybridized carbons (Fsp3) is 0.348. The molecule has 0 aromatic heterocycles. The monoisotopic (exact) mass is 394 g/mol. The van der Waals surface area contributed by atoms with Crippen LogP contribution in [0.15, 0.2) is 46.0 Å². The van der Waals surface area contributed by atoms with Crippen molar-refractivity contribution in [1.82, 2.24) is 0 Å². The number of hydrogen-bond donors (Lipinski definition) is 0. The van der Waals surface area contributed by atoms with E-state index in [9.17, 15) is 4.79 Å². The maximum Gasteiger partial charge on any atom is 0.187 e. The molecule has 2 heteroatoms. The molecule has 1 nitrogen and oxygen atoms in total. The van der Waals surface area contributed by atoms with Crippen molar-refractivity contribution < 1.29 is 4.79 Å². The van der Waals surface area contributed by atoms with Gasteiger partial charge in [0.05, 0.1) is 0 Å². The number of carbonyl (C=O) groups excluding carboxylic acids is 1. The van der Waals surface area contributed by atoms with Crippen LogP contribution in [0, 0.1) is 10.8 Å². The summed E-state index contributed by atoms with van der Waals surface area (Å²) in [5.74, 6) is 0.232. The molecule has 0 bridgehead atoms. The molecule has 2 aliphatic carbocycles. The Morgan fingerprint density at radius 2 is 1.28 bits per heavy atom. The smallest absolute Gasteiger partial charge is 0.187 e. The second kappa shape index (κ2) is 4.94. The molecular formula is C23H23BrO. The zero-order valence-electron chi connectivity index (χ0n) is 15.7. The minimum atomic E-state index is -0.188. The van der Waals surface area contributed by atoms with Crippen LogP contribution in [-0.4, -0.2) is 5.78 Å². The predicted octanol–water partition coefficient (Wildman–Crippen LogP) is 6.80. The molecule has 0 saturated carbocycles. The number of benzene rings is 2. The molecule has 0 aliphatic heterocycles. The Morgan fingerprint density at radius 3 is 1.80 bits per heavy atom. The van der Waals surface area contributed by atoms with E-state index < -0.39 is 0 Å². The van der Waals surface area contributed by atoms with Gasteiger partial charge in [0.15, 0.2) is 5.78 Å². The number of halogens is 1. The van der Waals surface area contributed by atoms with Crippen molar-refractivity contribution in [2.24, 2.45) is 10.8 Å². The summed E-state index contributed by atoms with van der Waals surface area (Å²) < 4.78 is 1.11. The minimum absolute atomic E-state index is 0.188. The van der Waals surface area contributed by atoms with Gasteiger partial charge < -0.3 is 0 Å². The molecule has 2 aromatic rings. The molecule has 0 amide bonds. The summed E-state index contributed by atoms with van der Waals surface area (Å²) in [7, 11) is 0. The van der Waals surface area contributed by atoms with Gasteiger partial charge in [0, 0.05) is 15.6 Å². The number of Topliss-reactive ketones (excluding diaryl/α,β-unsaturated/α-hetero) is 1. The molecule has 0 radical (unpaired) electrons. The van der Waals surface area contributed by atoms with Crippen LogP contribution in [0.3, 0.4) is 0 Å².